The molecule has 1 saturated carbocycles. The molecule has 9 nitrogen and oxygen atoms in total. The van der Waals surface area contributed by atoms with Gasteiger partial charge in [0.2, 0.25) is 0 Å². The van der Waals surface area contributed by atoms with E-state index in [9.17, 15) is 19.2 Å². The van der Waals surface area contributed by atoms with Gasteiger partial charge in [0, 0.05) is 13.1 Å². The molecule has 1 amide bonds. The van der Waals surface area contributed by atoms with Crippen LogP contribution in [-0.4, -0.2) is 34.6 Å². The number of aromatic amines is 1. The smallest absolute Gasteiger partial charge is 0.330 e. The van der Waals surface area contributed by atoms with Gasteiger partial charge in [-0.25, -0.2) is 4.79 Å². The molecule has 0 aromatic carbocycles. The van der Waals surface area contributed by atoms with Crippen LogP contribution in [0.3, 0.4) is 0 Å². The summed E-state index contributed by atoms with van der Waals surface area (Å²) in [6, 6.07) is 0. The second kappa shape index (κ2) is 11.5. The summed E-state index contributed by atoms with van der Waals surface area (Å²) in [5, 5.41) is 0. The van der Waals surface area contributed by atoms with Crippen molar-refractivity contribution < 1.29 is 14.3 Å². The highest BCUT2D eigenvalue weighted by atomic mass is 16.5. The molecular formula is C24H40N4O5. The molecule has 1 aliphatic rings. The Morgan fingerprint density at radius 1 is 1.12 bits per heavy atom. The van der Waals surface area contributed by atoms with Crippen molar-refractivity contribution >= 4 is 23.4 Å². The van der Waals surface area contributed by atoms with Crippen molar-refractivity contribution in [1.82, 2.24) is 9.55 Å². The summed E-state index contributed by atoms with van der Waals surface area (Å²) in [5.74, 6) is -0.591. The zero-order chi connectivity index (χ0) is 24.8. The average Bonchev–Trinajstić information content (AvgIpc) is 2.76. The molecule has 1 aliphatic carbocycles. The van der Waals surface area contributed by atoms with E-state index in [1.165, 1.54) is 9.47 Å². The topological polar surface area (TPSA) is 127 Å². The van der Waals surface area contributed by atoms with Crippen LogP contribution in [0.1, 0.15) is 79.6 Å². The molecule has 3 N–H and O–H groups in total. The lowest BCUT2D eigenvalue weighted by Gasteiger charge is -2.36. The lowest BCUT2D eigenvalue weighted by molar-refractivity contribution is -0.153. The minimum absolute atomic E-state index is 0.0538. The van der Waals surface area contributed by atoms with Crippen molar-refractivity contribution in [3.8, 4) is 0 Å². The van der Waals surface area contributed by atoms with Gasteiger partial charge >= 0.3 is 11.7 Å². The first kappa shape index (κ1) is 26.7. The van der Waals surface area contributed by atoms with Gasteiger partial charge in [-0.1, -0.05) is 41.0 Å². The van der Waals surface area contributed by atoms with Gasteiger partial charge in [0.05, 0.1) is 5.92 Å². The number of esters is 1. The Balaban J connectivity index is 2.13. The number of H-pyrrole nitrogens is 1. The van der Waals surface area contributed by atoms with Crippen LogP contribution >= 0.6 is 0 Å². The number of nitrogens with zero attached hydrogens (tertiary/aromatic N) is 2. The molecule has 33 heavy (non-hydrogen) atoms. The molecule has 0 aliphatic heterocycles. The normalized spacial score (nSPS) is 18.7. The molecule has 1 fully saturated rings. The molecule has 1 heterocycles. The maximum absolute atomic E-state index is 13.0. The number of unbranched alkanes of at least 4 members (excludes halogenated alkanes) is 1. The van der Waals surface area contributed by atoms with Crippen LogP contribution in [0.25, 0.3) is 0 Å². The Labute approximate surface area is 195 Å². The molecule has 0 unspecified atom stereocenters. The fourth-order valence-corrected chi connectivity index (χ4v) is 4.49. The number of carbonyl (C=O) groups is 2. The van der Waals surface area contributed by atoms with Gasteiger partial charge in [-0.15, -0.1) is 0 Å². The summed E-state index contributed by atoms with van der Waals surface area (Å²) in [7, 11) is 0. The molecular weight excluding hydrogens is 424 g/mol. The summed E-state index contributed by atoms with van der Waals surface area (Å²) in [6.07, 6.45) is 5.48. The van der Waals surface area contributed by atoms with E-state index in [0.29, 0.717) is 25.3 Å². The van der Waals surface area contributed by atoms with E-state index in [0.717, 1.165) is 32.1 Å². The Morgan fingerprint density at radius 2 is 1.76 bits per heavy atom. The van der Waals surface area contributed by atoms with Gasteiger partial charge in [-0.3, -0.25) is 23.9 Å². The lowest BCUT2D eigenvalue weighted by Crippen LogP contribution is -2.43. The second-order valence-corrected chi connectivity index (χ2v) is 10.1. The molecule has 0 spiro atoms. The number of aromatic nitrogens is 2. The molecule has 0 atom stereocenters. The second-order valence-electron chi connectivity index (χ2n) is 10.1. The van der Waals surface area contributed by atoms with E-state index in [2.05, 4.69) is 25.8 Å². The van der Waals surface area contributed by atoms with Crippen LogP contribution in [0.4, 0.5) is 11.5 Å². The Hall–Kier alpha value is -2.58. The Morgan fingerprint density at radius 3 is 2.30 bits per heavy atom. The van der Waals surface area contributed by atoms with E-state index in [1.54, 1.807) is 0 Å². The summed E-state index contributed by atoms with van der Waals surface area (Å²) in [4.78, 5) is 53.9. The number of hydrogen-bond donors (Lipinski definition) is 2. The largest absolute Gasteiger partial charge is 0.455 e. The average molecular weight is 465 g/mol. The summed E-state index contributed by atoms with van der Waals surface area (Å²) < 4.78 is 6.63. The van der Waals surface area contributed by atoms with E-state index in [1.807, 2.05) is 13.8 Å². The standard InChI is InChI=1S/C24H40N4O5/c1-6-8-14-27(19-20(25)28(13-7-2)23(32)26-21(19)30)18(29)15-33-22(31)16-9-11-17(12-10-16)24(3,4)5/h16-17H,6-15,25H2,1-5H3,(H,26,30,32). The quantitative estimate of drug-likeness (QED) is 0.541. The SMILES string of the molecule is CCCCN(C(=O)COC(=O)C1CCC(C(C)(C)C)CC1)c1c(N)n(CCC)c(=O)[nH]c1=O. The zero-order valence-corrected chi connectivity index (χ0v) is 20.7. The molecule has 9 heteroatoms. The van der Waals surface area contributed by atoms with Gasteiger partial charge in [0.25, 0.3) is 11.5 Å². The lowest BCUT2D eigenvalue weighted by atomic mass is 9.70. The first-order valence-electron chi connectivity index (χ1n) is 12.1. The van der Waals surface area contributed by atoms with Crippen LogP contribution in [-0.2, 0) is 20.9 Å². The van der Waals surface area contributed by atoms with Gasteiger partial charge in [0.1, 0.15) is 5.82 Å². The number of nitrogens with two attached hydrogens (primary N) is 1. The number of ether oxygens (including phenoxy) is 1. The Kier molecular flexibility index (Phi) is 9.31. The van der Waals surface area contributed by atoms with Crippen LogP contribution in [0.5, 0.6) is 0 Å². The van der Waals surface area contributed by atoms with Gasteiger partial charge in [-0.2, -0.15) is 0 Å². The first-order chi connectivity index (χ1) is 15.5. The van der Waals surface area contributed by atoms with Crippen LogP contribution < -0.4 is 21.9 Å². The number of carbonyl (C=O) groups excluding carboxylic acids is 2. The monoisotopic (exact) mass is 464 g/mol. The number of hydrogen-bond acceptors (Lipinski definition) is 6. The van der Waals surface area contributed by atoms with Crippen LogP contribution in [0, 0.1) is 17.3 Å². The third kappa shape index (κ3) is 6.71. The van der Waals surface area contributed by atoms with Gasteiger partial charge in [0.15, 0.2) is 12.3 Å². The molecule has 0 radical (unpaired) electrons. The Bertz CT molecular complexity index is 936. The number of nitrogen functional groups attached to an aromatic ring is 1. The predicted molar refractivity (Wildman–Crippen MR) is 129 cm³/mol. The summed E-state index contributed by atoms with van der Waals surface area (Å²) in [5.41, 5.74) is 4.96. The first-order valence-corrected chi connectivity index (χ1v) is 12.1. The fraction of sp³-hybridized carbons (Fsp3) is 0.750. The minimum Gasteiger partial charge on any atom is -0.455 e. The van der Waals surface area contributed by atoms with Crippen molar-refractivity contribution in [2.75, 3.05) is 23.8 Å². The van der Waals surface area contributed by atoms with Crippen molar-refractivity contribution in [2.45, 2.75) is 86.1 Å². The van der Waals surface area contributed by atoms with Crippen molar-refractivity contribution in [3.05, 3.63) is 20.8 Å². The fourth-order valence-electron chi connectivity index (χ4n) is 4.49. The van der Waals surface area contributed by atoms with Crippen LogP contribution in [0.2, 0.25) is 0 Å². The molecule has 2 rings (SSSR count). The number of anilines is 2. The maximum Gasteiger partial charge on any atom is 0.330 e. The molecule has 0 bridgehead atoms. The van der Waals surface area contributed by atoms with Crippen molar-refractivity contribution in [3.63, 3.8) is 0 Å². The molecule has 186 valence electrons. The summed E-state index contributed by atoms with van der Waals surface area (Å²) >= 11 is 0. The molecule has 0 saturated heterocycles. The highest BCUT2D eigenvalue weighted by Gasteiger charge is 2.33. The number of rotatable bonds is 9. The highest BCUT2D eigenvalue weighted by molar-refractivity contribution is 5.97. The van der Waals surface area contributed by atoms with Crippen molar-refractivity contribution in [2.24, 2.45) is 17.3 Å². The van der Waals surface area contributed by atoms with Gasteiger partial charge in [-0.05, 0) is 49.9 Å². The van der Waals surface area contributed by atoms with E-state index < -0.39 is 23.8 Å². The van der Waals surface area contributed by atoms with E-state index in [4.69, 9.17) is 10.5 Å². The van der Waals surface area contributed by atoms with Crippen molar-refractivity contribution in [1.29, 1.82) is 0 Å². The highest BCUT2D eigenvalue weighted by Crippen LogP contribution is 2.40. The summed E-state index contributed by atoms with van der Waals surface area (Å²) in [6.45, 7) is 10.6. The number of nitrogens with one attached hydrogen (secondary N) is 1. The third-order valence-corrected chi connectivity index (χ3v) is 6.59. The van der Waals surface area contributed by atoms with E-state index in [-0.39, 0.29) is 35.4 Å². The minimum atomic E-state index is -0.721. The molecule has 1 aromatic heterocycles. The van der Waals surface area contributed by atoms with Gasteiger partial charge < -0.3 is 15.4 Å². The zero-order valence-electron chi connectivity index (χ0n) is 20.7. The third-order valence-electron chi connectivity index (χ3n) is 6.59. The predicted octanol–water partition coefficient (Wildman–Crippen LogP) is 3.06. The number of amides is 1. The van der Waals surface area contributed by atoms with Crippen LogP contribution in [0.15, 0.2) is 9.59 Å². The maximum atomic E-state index is 13.0. The van der Waals surface area contributed by atoms with E-state index >= 15 is 0 Å². The molecule has 1 aromatic rings.